The van der Waals surface area contributed by atoms with E-state index >= 15 is 0 Å². The fourth-order valence-electron chi connectivity index (χ4n) is 2.21. The third kappa shape index (κ3) is 3.51. The number of carbonyl (C=O) groups excluding carboxylic acids is 1. The summed E-state index contributed by atoms with van der Waals surface area (Å²) in [5.74, 6) is 0.264. The Morgan fingerprint density at radius 1 is 1.22 bits per heavy atom. The summed E-state index contributed by atoms with van der Waals surface area (Å²) in [5, 5.41) is 0.931. The highest BCUT2D eigenvalue weighted by Gasteiger charge is 2.16. The first kappa shape index (κ1) is 15.5. The summed E-state index contributed by atoms with van der Waals surface area (Å²) in [6.45, 7) is 3.80. The van der Waals surface area contributed by atoms with Gasteiger partial charge in [0, 0.05) is 5.56 Å². The number of hydrogen-bond donors (Lipinski definition) is 0. The third-order valence-corrected chi connectivity index (χ3v) is 4.39. The molecule has 0 saturated carbocycles. The molecule has 4 nitrogen and oxygen atoms in total. The van der Waals surface area contributed by atoms with E-state index in [1.807, 2.05) is 42.5 Å². The van der Waals surface area contributed by atoms with Crippen molar-refractivity contribution in [3.8, 4) is 16.3 Å². The van der Waals surface area contributed by atoms with Crippen LogP contribution in [0, 0.1) is 0 Å². The minimum atomic E-state index is -0.638. The number of rotatable bonds is 5. The zero-order valence-electron chi connectivity index (χ0n) is 13.0. The molecular weight excluding hydrogens is 310 g/mol. The first-order valence-electron chi connectivity index (χ1n) is 7.46. The number of carbonyl (C=O) groups is 1. The van der Waals surface area contributed by atoms with Gasteiger partial charge >= 0.3 is 5.97 Å². The zero-order chi connectivity index (χ0) is 16.2. The van der Waals surface area contributed by atoms with Crippen LogP contribution in [0.5, 0.6) is 5.75 Å². The molecule has 1 heterocycles. The largest absolute Gasteiger partial charge is 0.479 e. The van der Waals surface area contributed by atoms with Crippen LogP contribution in [0.25, 0.3) is 20.8 Å². The predicted molar refractivity (Wildman–Crippen MR) is 91.8 cm³/mol. The molecule has 0 spiro atoms. The molecule has 23 heavy (non-hydrogen) atoms. The Kier molecular flexibility index (Phi) is 4.57. The number of ether oxygens (including phenoxy) is 2. The molecule has 0 amide bonds. The molecule has 0 aliphatic carbocycles. The van der Waals surface area contributed by atoms with Crippen molar-refractivity contribution in [2.45, 2.75) is 20.0 Å². The Hall–Kier alpha value is -2.40. The van der Waals surface area contributed by atoms with E-state index in [0.29, 0.717) is 12.4 Å². The van der Waals surface area contributed by atoms with Crippen molar-refractivity contribution in [1.82, 2.24) is 4.98 Å². The van der Waals surface area contributed by atoms with Crippen LogP contribution in [-0.2, 0) is 9.53 Å². The van der Waals surface area contributed by atoms with Crippen molar-refractivity contribution in [1.29, 1.82) is 0 Å². The van der Waals surface area contributed by atoms with Crippen LogP contribution in [0.1, 0.15) is 13.8 Å². The number of fused-ring (bicyclic) bond motifs is 1. The second-order valence-electron chi connectivity index (χ2n) is 5.03. The molecule has 3 aromatic rings. The lowest BCUT2D eigenvalue weighted by Gasteiger charge is -2.13. The topological polar surface area (TPSA) is 48.4 Å². The van der Waals surface area contributed by atoms with Gasteiger partial charge in [-0.3, -0.25) is 0 Å². The Bertz CT molecular complexity index is 795. The van der Waals surface area contributed by atoms with E-state index in [0.717, 1.165) is 20.8 Å². The molecule has 1 unspecified atom stereocenters. The quantitative estimate of drug-likeness (QED) is 0.656. The van der Waals surface area contributed by atoms with Crippen molar-refractivity contribution in [2.75, 3.05) is 6.61 Å². The van der Waals surface area contributed by atoms with Gasteiger partial charge in [-0.2, -0.15) is 0 Å². The number of benzene rings is 2. The minimum Gasteiger partial charge on any atom is -0.479 e. The number of hydrogen-bond acceptors (Lipinski definition) is 5. The summed E-state index contributed by atoms with van der Waals surface area (Å²) in [6, 6.07) is 15.6. The van der Waals surface area contributed by atoms with Crippen molar-refractivity contribution < 1.29 is 14.3 Å². The van der Waals surface area contributed by atoms with E-state index in [1.165, 1.54) is 0 Å². The number of aromatic nitrogens is 1. The molecular formula is C18H17NO3S. The van der Waals surface area contributed by atoms with Gasteiger partial charge in [-0.1, -0.05) is 24.3 Å². The summed E-state index contributed by atoms with van der Waals surface area (Å²) < 4.78 is 11.8. The van der Waals surface area contributed by atoms with Gasteiger partial charge in [-0.25, -0.2) is 9.78 Å². The average molecular weight is 327 g/mol. The van der Waals surface area contributed by atoms with Gasteiger partial charge in [0.05, 0.1) is 16.8 Å². The number of esters is 1. The van der Waals surface area contributed by atoms with Crippen molar-refractivity contribution in [3.05, 3.63) is 48.5 Å². The van der Waals surface area contributed by atoms with Gasteiger partial charge in [0.15, 0.2) is 6.10 Å². The monoisotopic (exact) mass is 327 g/mol. The Morgan fingerprint density at radius 2 is 2.04 bits per heavy atom. The van der Waals surface area contributed by atoms with Crippen LogP contribution in [0.3, 0.4) is 0 Å². The van der Waals surface area contributed by atoms with E-state index in [4.69, 9.17) is 9.47 Å². The molecule has 1 atom stereocenters. The van der Waals surface area contributed by atoms with E-state index in [1.54, 1.807) is 25.2 Å². The van der Waals surface area contributed by atoms with Gasteiger partial charge in [0.1, 0.15) is 10.8 Å². The maximum absolute atomic E-state index is 11.7. The predicted octanol–water partition coefficient (Wildman–Crippen LogP) is 4.29. The van der Waals surface area contributed by atoms with Crippen LogP contribution in [0.15, 0.2) is 48.5 Å². The first-order chi connectivity index (χ1) is 11.2. The molecule has 0 bridgehead atoms. The van der Waals surface area contributed by atoms with Crippen LogP contribution in [-0.4, -0.2) is 23.7 Å². The minimum absolute atomic E-state index is 0.346. The number of thiazole rings is 1. The highest BCUT2D eigenvalue weighted by Crippen LogP contribution is 2.31. The SMILES string of the molecule is CCOC(=O)C(C)Oc1cccc(-c2nc3ccccc3s2)c1. The van der Waals surface area contributed by atoms with Gasteiger partial charge in [0.25, 0.3) is 0 Å². The second kappa shape index (κ2) is 6.79. The zero-order valence-corrected chi connectivity index (χ0v) is 13.8. The fourth-order valence-corrected chi connectivity index (χ4v) is 3.17. The molecule has 1 aromatic heterocycles. The first-order valence-corrected chi connectivity index (χ1v) is 8.28. The molecule has 118 valence electrons. The van der Waals surface area contributed by atoms with E-state index in [2.05, 4.69) is 11.1 Å². The molecule has 0 radical (unpaired) electrons. The average Bonchev–Trinajstić information content (AvgIpc) is 2.99. The van der Waals surface area contributed by atoms with E-state index < -0.39 is 6.10 Å². The normalized spacial score (nSPS) is 12.1. The standard InChI is InChI=1S/C18H17NO3S/c1-3-21-18(20)12(2)22-14-8-6-7-13(11-14)17-19-15-9-4-5-10-16(15)23-17/h4-12H,3H2,1-2H3. The van der Waals surface area contributed by atoms with Crippen molar-refractivity contribution >= 4 is 27.5 Å². The highest BCUT2D eigenvalue weighted by atomic mass is 32.1. The molecule has 3 rings (SSSR count). The molecule has 0 saturated heterocycles. The maximum atomic E-state index is 11.7. The molecule has 5 heteroatoms. The lowest BCUT2D eigenvalue weighted by atomic mass is 10.2. The van der Waals surface area contributed by atoms with Crippen LogP contribution in [0.2, 0.25) is 0 Å². The van der Waals surface area contributed by atoms with Gasteiger partial charge in [-0.15, -0.1) is 11.3 Å². The Balaban J connectivity index is 1.83. The number of nitrogens with zero attached hydrogens (tertiary/aromatic N) is 1. The number of para-hydroxylation sites is 1. The summed E-state index contributed by atoms with van der Waals surface area (Å²) in [7, 11) is 0. The van der Waals surface area contributed by atoms with Crippen LogP contribution < -0.4 is 4.74 Å². The molecule has 0 fully saturated rings. The maximum Gasteiger partial charge on any atom is 0.347 e. The highest BCUT2D eigenvalue weighted by molar-refractivity contribution is 7.21. The van der Waals surface area contributed by atoms with E-state index in [-0.39, 0.29) is 5.97 Å². The summed E-state index contributed by atoms with van der Waals surface area (Å²) >= 11 is 1.63. The summed E-state index contributed by atoms with van der Waals surface area (Å²) in [5.41, 5.74) is 1.96. The van der Waals surface area contributed by atoms with Crippen molar-refractivity contribution in [3.63, 3.8) is 0 Å². The third-order valence-electron chi connectivity index (χ3n) is 3.31. The van der Waals surface area contributed by atoms with Gasteiger partial charge in [-0.05, 0) is 38.1 Å². The molecule has 0 aliphatic rings. The summed E-state index contributed by atoms with van der Waals surface area (Å²) in [4.78, 5) is 16.3. The summed E-state index contributed by atoms with van der Waals surface area (Å²) in [6.07, 6.45) is -0.638. The smallest absolute Gasteiger partial charge is 0.347 e. The van der Waals surface area contributed by atoms with Gasteiger partial charge < -0.3 is 9.47 Å². The second-order valence-corrected chi connectivity index (χ2v) is 6.06. The fraction of sp³-hybridized carbons (Fsp3) is 0.222. The Morgan fingerprint density at radius 3 is 2.83 bits per heavy atom. The Labute approximate surface area is 138 Å². The van der Waals surface area contributed by atoms with Gasteiger partial charge in [0.2, 0.25) is 0 Å². The lowest BCUT2D eigenvalue weighted by Crippen LogP contribution is -2.26. The van der Waals surface area contributed by atoms with E-state index in [9.17, 15) is 4.79 Å². The molecule has 0 N–H and O–H groups in total. The molecule has 0 aliphatic heterocycles. The van der Waals surface area contributed by atoms with Crippen LogP contribution in [0.4, 0.5) is 0 Å². The van der Waals surface area contributed by atoms with Crippen LogP contribution >= 0.6 is 11.3 Å². The van der Waals surface area contributed by atoms with Crippen molar-refractivity contribution in [2.24, 2.45) is 0 Å². The lowest BCUT2D eigenvalue weighted by molar-refractivity contribution is -0.150. The molecule has 2 aromatic carbocycles.